The molecule has 0 radical (unpaired) electrons. The Morgan fingerprint density at radius 2 is 1.95 bits per heavy atom. The molecule has 0 aromatic heterocycles. The fourth-order valence-corrected chi connectivity index (χ4v) is 2.77. The lowest BCUT2D eigenvalue weighted by Gasteiger charge is -2.44. The van der Waals surface area contributed by atoms with Crippen LogP contribution in [0.1, 0.15) is 32.8 Å². The Kier molecular flexibility index (Phi) is 7.29. The van der Waals surface area contributed by atoms with Gasteiger partial charge in [0.2, 0.25) is 0 Å². The molecule has 0 heterocycles. The quantitative estimate of drug-likeness (QED) is 0.761. The van der Waals surface area contributed by atoms with Gasteiger partial charge in [-0.05, 0) is 44.4 Å². The molecule has 0 aliphatic rings. The van der Waals surface area contributed by atoms with E-state index in [1.807, 2.05) is 12.1 Å². The van der Waals surface area contributed by atoms with Crippen molar-refractivity contribution >= 4 is 0 Å². The largest absolute Gasteiger partial charge is 0.383 e. The average molecular weight is 296 g/mol. The minimum absolute atomic E-state index is 0.161. The first kappa shape index (κ1) is 18.1. The van der Waals surface area contributed by atoms with Crippen molar-refractivity contribution in [2.24, 2.45) is 5.73 Å². The zero-order valence-electron chi connectivity index (χ0n) is 13.7. The van der Waals surface area contributed by atoms with Crippen LogP contribution in [0.15, 0.2) is 24.3 Å². The fourth-order valence-electron chi connectivity index (χ4n) is 2.77. The molecule has 21 heavy (non-hydrogen) atoms. The van der Waals surface area contributed by atoms with Crippen LogP contribution < -0.4 is 5.73 Å². The summed E-state index contributed by atoms with van der Waals surface area (Å²) in [6.45, 7) is 8.66. The van der Waals surface area contributed by atoms with Crippen LogP contribution >= 0.6 is 0 Å². The van der Waals surface area contributed by atoms with E-state index in [-0.39, 0.29) is 11.4 Å². The van der Waals surface area contributed by atoms with Crippen LogP contribution in [0.2, 0.25) is 0 Å². The second-order valence-electron chi connectivity index (χ2n) is 5.95. The molecule has 4 heteroatoms. The predicted molar refractivity (Wildman–Crippen MR) is 85.9 cm³/mol. The topological polar surface area (TPSA) is 38.5 Å². The highest BCUT2D eigenvalue weighted by molar-refractivity contribution is 5.19. The molecule has 0 fully saturated rings. The zero-order valence-corrected chi connectivity index (χ0v) is 13.7. The van der Waals surface area contributed by atoms with E-state index in [1.54, 1.807) is 7.11 Å². The van der Waals surface area contributed by atoms with Gasteiger partial charge in [-0.1, -0.05) is 19.1 Å². The molecule has 0 spiro atoms. The number of hydrogen-bond donors (Lipinski definition) is 1. The van der Waals surface area contributed by atoms with Crippen LogP contribution in [0.4, 0.5) is 4.39 Å². The average Bonchev–Trinajstić information content (AvgIpc) is 2.49. The van der Waals surface area contributed by atoms with Crippen LogP contribution in [0.3, 0.4) is 0 Å². The summed E-state index contributed by atoms with van der Waals surface area (Å²) in [4.78, 5) is 2.42. The number of methoxy groups -OCH3 is 1. The molecule has 2 atom stereocenters. The molecule has 0 aliphatic carbocycles. The van der Waals surface area contributed by atoms with E-state index in [1.165, 1.54) is 12.1 Å². The third kappa shape index (κ3) is 5.06. The highest BCUT2D eigenvalue weighted by Crippen LogP contribution is 2.24. The summed E-state index contributed by atoms with van der Waals surface area (Å²) in [5.41, 5.74) is 7.04. The second-order valence-corrected chi connectivity index (χ2v) is 5.95. The third-order valence-corrected chi connectivity index (χ3v) is 4.29. The van der Waals surface area contributed by atoms with Crippen LogP contribution in [0.25, 0.3) is 0 Å². The van der Waals surface area contributed by atoms with Crippen molar-refractivity contribution in [1.82, 2.24) is 4.90 Å². The first-order chi connectivity index (χ1) is 9.96. The Balaban J connectivity index is 2.93. The van der Waals surface area contributed by atoms with Crippen molar-refractivity contribution in [3.63, 3.8) is 0 Å². The molecular weight excluding hydrogens is 267 g/mol. The molecule has 0 saturated carbocycles. The summed E-state index contributed by atoms with van der Waals surface area (Å²) >= 11 is 0. The monoisotopic (exact) mass is 296 g/mol. The predicted octanol–water partition coefficient (Wildman–Crippen LogP) is 2.83. The van der Waals surface area contributed by atoms with Crippen LogP contribution in [-0.4, -0.2) is 43.3 Å². The molecule has 0 amide bonds. The number of hydrogen-bond acceptors (Lipinski definition) is 3. The Morgan fingerprint density at radius 3 is 2.43 bits per heavy atom. The molecule has 1 rings (SSSR count). The number of nitrogens with two attached hydrogens (primary N) is 1. The van der Waals surface area contributed by atoms with E-state index in [9.17, 15) is 4.39 Å². The maximum Gasteiger partial charge on any atom is 0.123 e. The number of ether oxygens (including phenoxy) is 1. The SMILES string of the molecule is CCC(C)N(CCOC)C(C)(CN)Cc1ccc(F)cc1. The molecule has 120 valence electrons. The highest BCUT2D eigenvalue weighted by atomic mass is 19.1. The minimum Gasteiger partial charge on any atom is -0.383 e. The van der Waals surface area contributed by atoms with E-state index in [0.717, 1.165) is 24.9 Å². The van der Waals surface area contributed by atoms with Crippen molar-refractivity contribution in [2.45, 2.75) is 45.2 Å². The van der Waals surface area contributed by atoms with E-state index in [0.29, 0.717) is 19.2 Å². The molecule has 3 nitrogen and oxygen atoms in total. The summed E-state index contributed by atoms with van der Waals surface area (Å²) in [6, 6.07) is 7.13. The normalized spacial score (nSPS) is 16.0. The number of nitrogens with zero attached hydrogens (tertiary/aromatic N) is 1. The number of benzene rings is 1. The summed E-state index contributed by atoms with van der Waals surface area (Å²) in [6.07, 6.45) is 1.86. The standard InChI is InChI=1S/C17H29FN2O/c1-5-14(2)20(10-11-21-4)17(3,13-19)12-15-6-8-16(18)9-7-15/h6-9,14H,5,10-13,19H2,1-4H3. The van der Waals surface area contributed by atoms with Gasteiger partial charge in [0.15, 0.2) is 0 Å². The van der Waals surface area contributed by atoms with Gasteiger partial charge < -0.3 is 10.5 Å². The maximum absolute atomic E-state index is 13.1. The highest BCUT2D eigenvalue weighted by Gasteiger charge is 2.33. The molecule has 0 saturated heterocycles. The van der Waals surface area contributed by atoms with Gasteiger partial charge in [0.1, 0.15) is 5.82 Å². The Morgan fingerprint density at radius 1 is 1.33 bits per heavy atom. The number of halogens is 1. The van der Waals surface area contributed by atoms with Crippen molar-refractivity contribution < 1.29 is 9.13 Å². The first-order valence-electron chi connectivity index (χ1n) is 7.67. The first-order valence-corrected chi connectivity index (χ1v) is 7.67. The van der Waals surface area contributed by atoms with Gasteiger partial charge in [0.25, 0.3) is 0 Å². The van der Waals surface area contributed by atoms with Gasteiger partial charge in [0.05, 0.1) is 6.61 Å². The molecule has 2 N–H and O–H groups in total. The third-order valence-electron chi connectivity index (χ3n) is 4.29. The summed E-state index contributed by atoms with van der Waals surface area (Å²) in [5.74, 6) is -0.202. The zero-order chi connectivity index (χ0) is 15.9. The minimum atomic E-state index is -0.202. The lowest BCUT2D eigenvalue weighted by atomic mass is 9.89. The van der Waals surface area contributed by atoms with Crippen molar-refractivity contribution in [3.8, 4) is 0 Å². The molecule has 2 unspecified atom stereocenters. The lowest BCUT2D eigenvalue weighted by molar-refractivity contribution is 0.0376. The number of rotatable bonds is 9. The maximum atomic E-state index is 13.1. The van der Waals surface area contributed by atoms with E-state index < -0.39 is 0 Å². The van der Waals surface area contributed by atoms with Crippen LogP contribution in [0, 0.1) is 5.82 Å². The van der Waals surface area contributed by atoms with Crippen LogP contribution in [0.5, 0.6) is 0 Å². The van der Waals surface area contributed by atoms with Gasteiger partial charge >= 0.3 is 0 Å². The van der Waals surface area contributed by atoms with Gasteiger partial charge in [-0.25, -0.2) is 4.39 Å². The van der Waals surface area contributed by atoms with E-state index in [2.05, 4.69) is 25.7 Å². The Bertz CT molecular complexity index is 410. The molecule has 1 aromatic rings. The summed E-state index contributed by atoms with van der Waals surface area (Å²) in [5, 5.41) is 0. The van der Waals surface area contributed by atoms with Gasteiger partial charge in [-0.2, -0.15) is 0 Å². The van der Waals surface area contributed by atoms with E-state index in [4.69, 9.17) is 10.5 Å². The van der Waals surface area contributed by atoms with Crippen LogP contribution in [-0.2, 0) is 11.2 Å². The van der Waals surface area contributed by atoms with Crippen molar-refractivity contribution in [2.75, 3.05) is 26.8 Å². The van der Waals surface area contributed by atoms with Gasteiger partial charge in [-0.15, -0.1) is 0 Å². The van der Waals surface area contributed by atoms with Gasteiger partial charge in [0, 0.05) is 31.8 Å². The molecule has 0 bridgehead atoms. The molecular formula is C17H29FN2O. The Hall–Kier alpha value is -0.970. The molecule has 1 aromatic carbocycles. The van der Waals surface area contributed by atoms with Crippen molar-refractivity contribution in [1.29, 1.82) is 0 Å². The molecule has 0 aliphatic heterocycles. The Labute approximate surface area is 128 Å². The van der Waals surface area contributed by atoms with E-state index >= 15 is 0 Å². The van der Waals surface area contributed by atoms with Gasteiger partial charge in [-0.3, -0.25) is 4.90 Å². The lowest BCUT2D eigenvalue weighted by Crippen LogP contribution is -2.57. The summed E-state index contributed by atoms with van der Waals surface area (Å²) < 4.78 is 18.3. The smallest absolute Gasteiger partial charge is 0.123 e. The fraction of sp³-hybridized carbons (Fsp3) is 0.647. The second kappa shape index (κ2) is 8.47. The van der Waals surface area contributed by atoms with Crippen molar-refractivity contribution in [3.05, 3.63) is 35.6 Å². The summed E-state index contributed by atoms with van der Waals surface area (Å²) in [7, 11) is 1.72.